The van der Waals surface area contributed by atoms with Gasteiger partial charge in [-0.3, -0.25) is 14.5 Å². The molecule has 1 saturated heterocycles. The van der Waals surface area contributed by atoms with Gasteiger partial charge in [0.15, 0.2) is 11.5 Å². The maximum atomic E-state index is 13.5. The van der Waals surface area contributed by atoms with E-state index in [0.717, 1.165) is 10.8 Å². The predicted molar refractivity (Wildman–Crippen MR) is 134 cm³/mol. The predicted octanol–water partition coefficient (Wildman–Crippen LogP) is 5.71. The highest BCUT2D eigenvalue weighted by atomic mass is 19.1. The Balaban J connectivity index is 1.78. The van der Waals surface area contributed by atoms with E-state index in [4.69, 9.17) is 4.74 Å². The molecular formula is C29H22FNO5. The average Bonchev–Trinajstić information content (AvgIpc) is 3.15. The van der Waals surface area contributed by atoms with Crippen LogP contribution in [0.4, 0.5) is 10.1 Å². The number of ketones is 1. The van der Waals surface area contributed by atoms with E-state index >= 15 is 0 Å². The van der Waals surface area contributed by atoms with Crippen molar-refractivity contribution in [1.29, 1.82) is 0 Å². The molecule has 1 aliphatic heterocycles. The Hall–Kier alpha value is -4.65. The molecular weight excluding hydrogens is 461 g/mol. The minimum absolute atomic E-state index is 0.0961. The number of benzene rings is 4. The van der Waals surface area contributed by atoms with Gasteiger partial charge < -0.3 is 14.9 Å². The molecule has 7 heteroatoms. The lowest BCUT2D eigenvalue weighted by molar-refractivity contribution is -0.132. The molecule has 1 aliphatic rings. The number of phenols is 1. The summed E-state index contributed by atoms with van der Waals surface area (Å²) < 4.78 is 19.1. The van der Waals surface area contributed by atoms with Gasteiger partial charge in [-0.05, 0) is 60.3 Å². The molecule has 180 valence electrons. The summed E-state index contributed by atoms with van der Waals surface area (Å²) in [5.74, 6) is -2.53. The van der Waals surface area contributed by atoms with Gasteiger partial charge in [0.2, 0.25) is 0 Å². The first kappa shape index (κ1) is 23.1. The Labute approximate surface area is 206 Å². The van der Waals surface area contributed by atoms with Gasteiger partial charge in [0.1, 0.15) is 11.6 Å². The van der Waals surface area contributed by atoms with E-state index in [1.165, 1.54) is 35.2 Å². The number of phenolic OH excluding ortho intramolecular Hbond substituents is 1. The van der Waals surface area contributed by atoms with Crippen LogP contribution in [0.25, 0.3) is 16.5 Å². The molecule has 4 aromatic carbocycles. The molecule has 1 heterocycles. The zero-order chi connectivity index (χ0) is 25.4. The molecule has 0 radical (unpaired) electrons. The van der Waals surface area contributed by atoms with Gasteiger partial charge >= 0.3 is 0 Å². The Morgan fingerprint density at radius 2 is 1.69 bits per heavy atom. The number of hydrogen-bond acceptors (Lipinski definition) is 5. The quantitative estimate of drug-likeness (QED) is 0.216. The molecule has 36 heavy (non-hydrogen) atoms. The Morgan fingerprint density at radius 3 is 2.44 bits per heavy atom. The number of aromatic hydroxyl groups is 1. The highest BCUT2D eigenvalue weighted by molar-refractivity contribution is 6.52. The Bertz CT molecular complexity index is 1520. The molecule has 0 spiro atoms. The summed E-state index contributed by atoms with van der Waals surface area (Å²) in [7, 11) is 0. The van der Waals surface area contributed by atoms with Crippen LogP contribution in [0.3, 0.4) is 0 Å². The van der Waals surface area contributed by atoms with E-state index in [2.05, 4.69) is 0 Å². The highest BCUT2D eigenvalue weighted by Gasteiger charge is 2.47. The van der Waals surface area contributed by atoms with Gasteiger partial charge in [-0.25, -0.2) is 4.39 Å². The third kappa shape index (κ3) is 3.84. The molecule has 0 bridgehead atoms. The second-order valence-electron chi connectivity index (χ2n) is 8.33. The second-order valence-corrected chi connectivity index (χ2v) is 8.33. The lowest BCUT2D eigenvalue weighted by atomic mass is 9.94. The van der Waals surface area contributed by atoms with Crippen LogP contribution in [0.5, 0.6) is 11.5 Å². The number of carbonyl (C=O) groups excluding carboxylic acids is 2. The number of aliphatic hydroxyl groups is 1. The van der Waals surface area contributed by atoms with Crippen molar-refractivity contribution >= 4 is 33.9 Å². The number of ether oxygens (including phenoxy) is 1. The number of rotatable bonds is 5. The SMILES string of the molecule is CCOc1cc(C2/C(=C(\O)c3ccc(F)cc3)C(=O)C(=O)N2c2cccc3ccccc23)ccc1O. The van der Waals surface area contributed by atoms with Crippen molar-refractivity contribution < 1.29 is 28.9 Å². The smallest absolute Gasteiger partial charge is 0.300 e. The van der Waals surface area contributed by atoms with Crippen LogP contribution < -0.4 is 9.64 Å². The van der Waals surface area contributed by atoms with E-state index in [9.17, 15) is 24.2 Å². The Kier molecular flexibility index (Phi) is 5.90. The number of carbonyl (C=O) groups is 2. The highest BCUT2D eigenvalue weighted by Crippen LogP contribution is 2.45. The molecule has 6 nitrogen and oxygen atoms in total. The first-order chi connectivity index (χ1) is 17.4. The molecule has 0 aliphatic carbocycles. The van der Waals surface area contributed by atoms with Crippen LogP contribution in [0, 0.1) is 5.82 Å². The number of halogens is 1. The molecule has 2 N–H and O–H groups in total. The summed E-state index contributed by atoms with van der Waals surface area (Å²) in [5, 5.41) is 23.1. The minimum atomic E-state index is -1.03. The number of aliphatic hydroxyl groups excluding tert-OH is 1. The van der Waals surface area contributed by atoms with E-state index in [1.807, 2.05) is 30.3 Å². The van der Waals surface area contributed by atoms with Crippen LogP contribution in [-0.2, 0) is 9.59 Å². The van der Waals surface area contributed by atoms with Gasteiger partial charge in [0, 0.05) is 10.9 Å². The van der Waals surface area contributed by atoms with Gasteiger partial charge in [-0.2, -0.15) is 0 Å². The zero-order valence-corrected chi connectivity index (χ0v) is 19.3. The molecule has 4 aromatic rings. The standard InChI is InChI=1S/C29H22FNO5/c1-2-36-24-16-19(12-15-23(24)32)26-25(27(33)18-10-13-20(30)14-11-18)28(34)29(35)31(26)22-9-5-7-17-6-3-4-8-21(17)22/h3-16,26,32-33H,2H2,1H3/b27-25+. The molecule has 1 fully saturated rings. The molecule has 1 atom stereocenters. The summed E-state index contributed by atoms with van der Waals surface area (Å²) in [5.41, 5.74) is 0.991. The third-order valence-corrected chi connectivity index (χ3v) is 6.19. The maximum Gasteiger partial charge on any atom is 0.300 e. The number of Topliss-reactive ketones (excluding diaryl/α,β-unsaturated/α-hetero) is 1. The van der Waals surface area contributed by atoms with Crippen LogP contribution in [0.2, 0.25) is 0 Å². The van der Waals surface area contributed by atoms with Gasteiger partial charge in [0.05, 0.1) is 23.9 Å². The fraction of sp³-hybridized carbons (Fsp3) is 0.103. The molecule has 1 amide bonds. The largest absolute Gasteiger partial charge is 0.507 e. The lowest BCUT2D eigenvalue weighted by Gasteiger charge is -2.27. The van der Waals surface area contributed by atoms with Crippen LogP contribution >= 0.6 is 0 Å². The third-order valence-electron chi connectivity index (χ3n) is 6.19. The van der Waals surface area contributed by atoms with E-state index in [1.54, 1.807) is 31.2 Å². The number of anilines is 1. The lowest BCUT2D eigenvalue weighted by Crippen LogP contribution is -2.29. The summed E-state index contributed by atoms with van der Waals surface area (Å²) in [6, 6.07) is 21.4. The number of hydrogen-bond donors (Lipinski definition) is 2. The summed E-state index contributed by atoms with van der Waals surface area (Å²) >= 11 is 0. The maximum absolute atomic E-state index is 13.5. The van der Waals surface area contributed by atoms with Crippen molar-refractivity contribution in [2.45, 2.75) is 13.0 Å². The van der Waals surface area contributed by atoms with Crippen molar-refractivity contribution in [2.24, 2.45) is 0 Å². The summed E-state index contributed by atoms with van der Waals surface area (Å²) in [6.45, 7) is 2.05. The van der Waals surface area contributed by atoms with E-state index < -0.39 is 29.3 Å². The topological polar surface area (TPSA) is 87.1 Å². The number of fused-ring (bicyclic) bond motifs is 1. The van der Waals surface area contributed by atoms with Crippen molar-refractivity contribution in [3.05, 3.63) is 107 Å². The van der Waals surface area contributed by atoms with Crippen molar-refractivity contribution in [1.82, 2.24) is 0 Å². The van der Waals surface area contributed by atoms with E-state index in [0.29, 0.717) is 11.3 Å². The zero-order valence-electron chi connectivity index (χ0n) is 19.3. The summed E-state index contributed by atoms with van der Waals surface area (Å²) in [4.78, 5) is 28.3. The van der Waals surface area contributed by atoms with Gasteiger partial charge in [-0.15, -0.1) is 0 Å². The molecule has 0 saturated carbocycles. The van der Waals surface area contributed by atoms with Crippen LogP contribution in [0.1, 0.15) is 24.1 Å². The Morgan fingerprint density at radius 1 is 0.972 bits per heavy atom. The van der Waals surface area contributed by atoms with E-state index in [-0.39, 0.29) is 29.2 Å². The molecule has 1 unspecified atom stereocenters. The van der Waals surface area contributed by atoms with Gasteiger partial charge in [-0.1, -0.05) is 42.5 Å². The van der Waals surface area contributed by atoms with Crippen molar-refractivity contribution in [2.75, 3.05) is 11.5 Å². The second kappa shape index (κ2) is 9.19. The fourth-order valence-corrected chi connectivity index (χ4v) is 4.55. The normalized spacial score (nSPS) is 17.1. The van der Waals surface area contributed by atoms with Crippen LogP contribution in [-0.4, -0.2) is 28.5 Å². The first-order valence-corrected chi connectivity index (χ1v) is 11.4. The van der Waals surface area contributed by atoms with Crippen molar-refractivity contribution in [3.63, 3.8) is 0 Å². The molecule has 5 rings (SSSR count). The minimum Gasteiger partial charge on any atom is -0.507 e. The van der Waals surface area contributed by atoms with Gasteiger partial charge in [0.25, 0.3) is 11.7 Å². The number of nitrogens with zero attached hydrogens (tertiary/aromatic N) is 1. The average molecular weight is 483 g/mol. The summed E-state index contributed by atoms with van der Waals surface area (Å²) in [6.07, 6.45) is 0. The monoisotopic (exact) mass is 483 g/mol. The molecule has 0 aromatic heterocycles. The fourth-order valence-electron chi connectivity index (χ4n) is 4.55. The van der Waals surface area contributed by atoms with Crippen molar-refractivity contribution in [3.8, 4) is 11.5 Å². The first-order valence-electron chi connectivity index (χ1n) is 11.4. The van der Waals surface area contributed by atoms with Crippen LogP contribution in [0.15, 0.2) is 90.5 Å². The number of amides is 1.